The number of carboxylic acids is 1. The standard InChI is InChI=1S/C9H18N2O4S/c1-4-7-11(5-2)16(14,15)10(3)8-6-9(12)13/h4H,1,5-8H2,2-3H3,(H,12,13). The van der Waals surface area contributed by atoms with Crippen molar-refractivity contribution in [1.29, 1.82) is 0 Å². The van der Waals surface area contributed by atoms with Gasteiger partial charge < -0.3 is 5.11 Å². The highest BCUT2D eigenvalue weighted by atomic mass is 32.2. The zero-order chi connectivity index (χ0) is 12.8. The molecule has 0 aliphatic heterocycles. The number of likely N-dealkylation sites (N-methyl/N-ethyl adjacent to an activating group) is 1. The second kappa shape index (κ2) is 6.62. The zero-order valence-electron chi connectivity index (χ0n) is 9.59. The van der Waals surface area contributed by atoms with Crippen molar-refractivity contribution in [2.75, 3.05) is 26.7 Å². The Hall–Kier alpha value is -0.920. The first-order valence-corrected chi connectivity index (χ1v) is 6.30. The first kappa shape index (κ1) is 15.1. The number of hydrogen-bond acceptors (Lipinski definition) is 3. The van der Waals surface area contributed by atoms with Crippen molar-refractivity contribution in [2.24, 2.45) is 0 Å². The molecule has 0 heterocycles. The van der Waals surface area contributed by atoms with Gasteiger partial charge in [-0.1, -0.05) is 13.0 Å². The summed E-state index contributed by atoms with van der Waals surface area (Å²) in [7, 11) is -2.21. The smallest absolute Gasteiger partial charge is 0.304 e. The molecule has 0 radical (unpaired) electrons. The summed E-state index contributed by atoms with van der Waals surface area (Å²) in [5.41, 5.74) is 0. The minimum Gasteiger partial charge on any atom is -0.481 e. The third kappa shape index (κ3) is 4.30. The highest BCUT2D eigenvalue weighted by Crippen LogP contribution is 2.06. The summed E-state index contributed by atoms with van der Waals surface area (Å²) in [4.78, 5) is 10.3. The van der Waals surface area contributed by atoms with E-state index in [1.807, 2.05) is 0 Å². The van der Waals surface area contributed by atoms with Crippen LogP contribution in [0.1, 0.15) is 13.3 Å². The quantitative estimate of drug-likeness (QED) is 0.622. The molecule has 0 aromatic heterocycles. The minimum absolute atomic E-state index is 0.0364. The predicted molar refractivity (Wildman–Crippen MR) is 61.2 cm³/mol. The van der Waals surface area contributed by atoms with Gasteiger partial charge in [0.1, 0.15) is 0 Å². The van der Waals surface area contributed by atoms with E-state index < -0.39 is 16.2 Å². The molecule has 0 fully saturated rings. The Balaban J connectivity index is 4.61. The zero-order valence-corrected chi connectivity index (χ0v) is 10.4. The number of rotatable bonds is 8. The molecule has 0 unspecified atom stereocenters. The molecule has 0 aromatic carbocycles. The Labute approximate surface area is 96.3 Å². The summed E-state index contributed by atoms with van der Waals surface area (Å²) >= 11 is 0. The number of aliphatic carboxylic acids is 1. The van der Waals surface area contributed by atoms with Crippen LogP contribution in [0.2, 0.25) is 0 Å². The summed E-state index contributed by atoms with van der Waals surface area (Å²) in [6, 6.07) is 0. The van der Waals surface area contributed by atoms with Gasteiger partial charge in [-0.15, -0.1) is 6.58 Å². The molecule has 0 aliphatic carbocycles. The fourth-order valence-corrected chi connectivity index (χ4v) is 2.43. The maximum absolute atomic E-state index is 11.9. The number of nitrogens with zero attached hydrogens (tertiary/aromatic N) is 2. The first-order valence-electron chi connectivity index (χ1n) is 4.90. The molecule has 0 saturated heterocycles. The molecule has 0 aliphatic rings. The molecule has 0 saturated carbocycles. The van der Waals surface area contributed by atoms with Crippen LogP contribution in [0.15, 0.2) is 12.7 Å². The van der Waals surface area contributed by atoms with Crippen LogP contribution >= 0.6 is 0 Å². The molecule has 0 amide bonds. The van der Waals surface area contributed by atoms with Crippen molar-refractivity contribution >= 4 is 16.2 Å². The molecule has 16 heavy (non-hydrogen) atoms. The highest BCUT2D eigenvalue weighted by Gasteiger charge is 2.24. The van der Waals surface area contributed by atoms with Crippen molar-refractivity contribution in [3.05, 3.63) is 12.7 Å². The fourth-order valence-electron chi connectivity index (χ4n) is 1.10. The average Bonchev–Trinajstić information content (AvgIpc) is 2.21. The SMILES string of the molecule is C=CCN(CC)S(=O)(=O)N(C)CCC(=O)O. The summed E-state index contributed by atoms with van der Waals surface area (Å²) in [5, 5.41) is 8.48. The van der Waals surface area contributed by atoms with Gasteiger partial charge in [0.15, 0.2) is 0 Å². The third-order valence-corrected chi connectivity index (χ3v) is 4.08. The van der Waals surface area contributed by atoms with Gasteiger partial charge in [-0.05, 0) is 0 Å². The Morgan fingerprint density at radius 3 is 2.44 bits per heavy atom. The van der Waals surface area contributed by atoms with Gasteiger partial charge >= 0.3 is 5.97 Å². The maximum atomic E-state index is 11.9. The lowest BCUT2D eigenvalue weighted by Gasteiger charge is -2.25. The Morgan fingerprint density at radius 1 is 1.50 bits per heavy atom. The van der Waals surface area contributed by atoms with Crippen LogP contribution in [0.5, 0.6) is 0 Å². The molecule has 94 valence electrons. The monoisotopic (exact) mass is 250 g/mol. The van der Waals surface area contributed by atoms with Gasteiger partial charge in [-0.25, -0.2) is 0 Å². The molecule has 0 aromatic rings. The molecular formula is C9H18N2O4S. The van der Waals surface area contributed by atoms with Crippen molar-refractivity contribution in [1.82, 2.24) is 8.61 Å². The van der Waals surface area contributed by atoms with E-state index in [9.17, 15) is 13.2 Å². The highest BCUT2D eigenvalue weighted by molar-refractivity contribution is 7.86. The van der Waals surface area contributed by atoms with Crippen LogP contribution in [0.3, 0.4) is 0 Å². The third-order valence-electron chi connectivity index (χ3n) is 2.05. The van der Waals surface area contributed by atoms with Gasteiger partial charge in [-0.2, -0.15) is 17.0 Å². The number of carbonyl (C=O) groups is 1. The Kier molecular flexibility index (Phi) is 6.24. The molecular weight excluding hydrogens is 232 g/mol. The normalized spacial score (nSPS) is 12.0. The number of carboxylic acid groups (broad SMARTS) is 1. The lowest BCUT2D eigenvalue weighted by Crippen LogP contribution is -2.42. The summed E-state index contributed by atoms with van der Waals surface area (Å²) in [5.74, 6) is -1.02. The lowest BCUT2D eigenvalue weighted by atomic mass is 10.4. The van der Waals surface area contributed by atoms with Crippen LogP contribution in [-0.2, 0) is 15.0 Å². The molecule has 0 bridgehead atoms. The Morgan fingerprint density at radius 2 is 2.06 bits per heavy atom. The van der Waals surface area contributed by atoms with Crippen molar-refractivity contribution in [3.63, 3.8) is 0 Å². The summed E-state index contributed by atoms with van der Waals surface area (Å²) in [6.07, 6.45) is 1.29. The Bertz CT molecular complexity index is 339. The van der Waals surface area contributed by atoms with E-state index in [2.05, 4.69) is 6.58 Å². The van der Waals surface area contributed by atoms with E-state index in [0.717, 1.165) is 4.31 Å². The van der Waals surface area contributed by atoms with Crippen molar-refractivity contribution in [2.45, 2.75) is 13.3 Å². The van der Waals surface area contributed by atoms with Crippen LogP contribution in [0.4, 0.5) is 0 Å². The molecule has 0 rings (SSSR count). The summed E-state index contributed by atoms with van der Waals surface area (Å²) in [6.45, 7) is 5.70. The van der Waals surface area contributed by atoms with E-state index in [-0.39, 0.29) is 19.5 Å². The van der Waals surface area contributed by atoms with Gasteiger partial charge in [0.25, 0.3) is 10.2 Å². The maximum Gasteiger partial charge on any atom is 0.304 e. The predicted octanol–water partition coefficient (Wildman–Crippen LogP) is 0.146. The molecule has 1 N–H and O–H groups in total. The van der Waals surface area contributed by atoms with Gasteiger partial charge in [-0.3, -0.25) is 4.79 Å². The van der Waals surface area contributed by atoms with Crippen LogP contribution in [-0.4, -0.2) is 54.8 Å². The topological polar surface area (TPSA) is 77.9 Å². The second-order valence-corrected chi connectivity index (χ2v) is 5.25. The molecule has 7 heteroatoms. The largest absolute Gasteiger partial charge is 0.481 e. The van der Waals surface area contributed by atoms with E-state index in [1.54, 1.807) is 6.92 Å². The van der Waals surface area contributed by atoms with E-state index in [0.29, 0.717) is 6.54 Å². The molecule has 0 spiro atoms. The van der Waals surface area contributed by atoms with Gasteiger partial charge in [0.2, 0.25) is 0 Å². The fraction of sp³-hybridized carbons (Fsp3) is 0.667. The average molecular weight is 250 g/mol. The molecule has 6 nitrogen and oxygen atoms in total. The minimum atomic E-state index is -3.58. The van der Waals surface area contributed by atoms with Gasteiger partial charge in [0, 0.05) is 26.7 Å². The number of hydrogen-bond donors (Lipinski definition) is 1. The second-order valence-electron chi connectivity index (χ2n) is 3.21. The van der Waals surface area contributed by atoms with Crippen molar-refractivity contribution < 1.29 is 18.3 Å². The van der Waals surface area contributed by atoms with Crippen LogP contribution in [0, 0.1) is 0 Å². The van der Waals surface area contributed by atoms with E-state index in [1.165, 1.54) is 17.4 Å². The van der Waals surface area contributed by atoms with Crippen LogP contribution < -0.4 is 0 Å². The van der Waals surface area contributed by atoms with E-state index >= 15 is 0 Å². The van der Waals surface area contributed by atoms with Crippen LogP contribution in [0.25, 0.3) is 0 Å². The lowest BCUT2D eigenvalue weighted by molar-refractivity contribution is -0.137. The van der Waals surface area contributed by atoms with E-state index in [4.69, 9.17) is 5.11 Å². The summed E-state index contributed by atoms with van der Waals surface area (Å²) < 4.78 is 26.0. The first-order chi connectivity index (χ1) is 7.36. The molecule has 0 atom stereocenters. The van der Waals surface area contributed by atoms with Gasteiger partial charge in [0.05, 0.1) is 6.42 Å². The van der Waals surface area contributed by atoms with Crippen molar-refractivity contribution in [3.8, 4) is 0 Å².